The summed E-state index contributed by atoms with van der Waals surface area (Å²) in [7, 11) is 0. The Morgan fingerprint density at radius 2 is 1.65 bits per heavy atom. The second kappa shape index (κ2) is 6.41. The average molecular weight is 312 g/mol. The molecule has 1 saturated carbocycles. The van der Waals surface area contributed by atoms with Crippen LogP contribution < -0.4 is 11.1 Å². The summed E-state index contributed by atoms with van der Waals surface area (Å²) in [6.07, 6.45) is 4.30. The monoisotopic (exact) mass is 312 g/mol. The molecule has 3 nitrogen and oxygen atoms in total. The van der Waals surface area contributed by atoms with Crippen molar-refractivity contribution in [3.8, 4) is 0 Å². The van der Waals surface area contributed by atoms with Crippen molar-refractivity contribution in [2.45, 2.75) is 31.1 Å². The van der Waals surface area contributed by atoms with Crippen molar-refractivity contribution in [3.63, 3.8) is 0 Å². The van der Waals surface area contributed by atoms with Crippen molar-refractivity contribution in [3.05, 3.63) is 65.5 Å². The van der Waals surface area contributed by atoms with E-state index in [1.807, 2.05) is 12.1 Å². The third kappa shape index (κ3) is 3.36. The third-order valence-corrected chi connectivity index (χ3v) is 4.78. The van der Waals surface area contributed by atoms with Crippen LogP contribution >= 0.6 is 0 Å². The Morgan fingerprint density at radius 3 is 2.26 bits per heavy atom. The van der Waals surface area contributed by atoms with E-state index in [0.29, 0.717) is 17.8 Å². The Kier molecular flexibility index (Phi) is 4.33. The number of hydrogen-bond donors (Lipinski definition) is 2. The zero-order chi connectivity index (χ0) is 16.3. The van der Waals surface area contributed by atoms with E-state index in [2.05, 4.69) is 5.32 Å². The number of nitrogens with two attached hydrogens (primary N) is 1. The Labute approximate surface area is 135 Å². The molecule has 120 valence electrons. The van der Waals surface area contributed by atoms with E-state index in [0.717, 1.165) is 31.2 Å². The summed E-state index contributed by atoms with van der Waals surface area (Å²) in [5.74, 6) is -0.328. The average Bonchev–Trinajstić information content (AvgIpc) is 3.04. The number of hydrogen-bond acceptors (Lipinski definition) is 2. The molecule has 4 heteroatoms. The van der Waals surface area contributed by atoms with Crippen LogP contribution in [-0.2, 0) is 5.41 Å². The molecular weight excluding hydrogens is 291 g/mol. The molecule has 1 aliphatic rings. The van der Waals surface area contributed by atoms with Crippen LogP contribution in [0.1, 0.15) is 41.6 Å². The number of benzene rings is 2. The Balaban J connectivity index is 1.74. The van der Waals surface area contributed by atoms with E-state index >= 15 is 0 Å². The molecule has 0 aliphatic heterocycles. The number of amides is 1. The molecular formula is C19H21FN2O. The van der Waals surface area contributed by atoms with Gasteiger partial charge < -0.3 is 11.1 Å². The highest BCUT2D eigenvalue weighted by atomic mass is 19.1. The largest absolute Gasteiger partial charge is 0.399 e. The third-order valence-electron chi connectivity index (χ3n) is 4.78. The maximum Gasteiger partial charge on any atom is 0.251 e. The number of nitrogens with one attached hydrogen (secondary N) is 1. The number of anilines is 1. The van der Waals surface area contributed by atoms with Gasteiger partial charge in [0.05, 0.1) is 0 Å². The van der Waals surface area contributed by atoms with Crippen molar-refractivity contribution in [1.82, 2.24) is 5.32 Å². The number of halogens is 1. The van der Waals surface area contributed by atoms with Crippen LogP contribution in [0.15, 0.2) is 48.5 Å². The van der Waals surface area contributed by atoms with Crippen molar-refractivity contribution >= 4 is 11.6 Å². The highest BCUT2D eigenvalue weighted by Crippen LogP contribution is 2.40. The van der Waals surface area contributed by atoms with Crippen LogP contribution in [0.3, 0.4) is 0 Å². The SMILES string of the molecule is Nc1ccc(C(=O)NCC2(c3ccc(F)cc3)CCCC2)cc1. The molecule has 0 spiro atoms. The van der Waals surface area contributed by atoms with Gasteiger partial charge in [-0.2, -0.15) is 0 Å². The molecule has 0 heterocycles. The van der Waals surface area contributed by atoms with Gasteiger partial charge in [0.25, 0.3) is 5.91 Å². The van der Waals surface area contributed by atoms with E-state index in [1.165, 1.54) is 12.1 Å². The first-order valence-corrected chi connectivity index (χ1v) is 7.99. The summed E-state index contributed by atoms with van der Waals surface area (Å²) >= 11 is 0. The Morgan fingerprint density at radius 1 is 1.04 bits per heavy atom. The first kappa shape index (κ1) is 15.5. The van der Waals surface area contributed by atoms with Gasteiger partial charge in [0.15, 0.2) is 0 Å². The minimum Gasteiger partial charge on any atom is -0.399 e. The lowest BCUT2D eigenvalue weighted by molar-refractivity contribution is 0.0943. The Hall–Kier alpha value is -2.36. The molecule has 1 fully saturated rings. The number of carbonyl (C=O) groups is 1. The normalized spacial score (nSPS) is 16.2. The lowest BCUT2D eigenvalue weighted by atomic mass is 9.78. The van der Waals surface area contributed by atoms with E-state index in [-0.39, 0.29) is 17.1 Å². The number of carbonyl (C=O) groups excluding carboxylic acids is 1. The minimum absolute atomic E-state index is 0.0861. The molecule has 0 bridgehead atoms. The lowest BCUT2D eigenvalue weighted by Gasteiger charge is -2.30. The molecule has 1 aliphatic carbocycles. The second-order valence-corrected chi connectivity index (χ2v) is 6.30. The van der Waals surface area contributed by atoms with Gasteiger partial charge in [-0.1, -0.05) is 25.0 Å². The molecule has 1 amide bonds. The van der Waals surface area contributed by atoms with Crippen LogP contribution in [0.5, 0.6) is 0 Å². The zero-order valence-electron chi connectivity index (χ0n) is 13.0. The summed E-state index contributed by atoms with van der Waals surface area (Å²) in [6.45, 7) is 0.571. The predicted octanol–water partition coefficient (Wildman–Crippen LogP) is 3.65. The topological polar surface area (TPSA) is 55.1 Å². The maximum atomic E-state index is 13.2. The van der Waals surface area contributed by atoms with E-state index in [1.54, 1.807) is 24.3 Å². The standard InChI is InChI=1S/C19H21FN2O/c20-16-7-5-15(6-8-16)19(11-1-2-12-19)13-22-18(23)14-3-9-17(21)10-4-14/h3-10H,1-2,11-13,21H2,(H,22,23). The highest BCUT2D eigenvalue weighted by Gasteiger charge is 2.35. The molecule has 0 unspecified atom stereocenters. The summed E-state index contributed by atoms with van der Waals surface area (Å²) in [4.78, 5) is 12.3. The van der Waals surface area contributed by atoms with Crippen LogP contribution in [0.4, 0.5) is 10.1 Å². The van der Waals surface area contributed by atoms with Gasteiger partial charge in [0.1, 0.15) is 5.82 Å². The summed E-state index contributed by atoms with van der Waals surface area (Å²) in [5.41, 5.74) is 7.91. The van der Waals surface area contributed by atoms with Gasteiger partial charge in [-0.25, -0.2) is 4.39 Å². The molecule has 3 rings (SSSR count). The fourth-order valence-electron chi connectivity index (χ4n) is 3.41. The second-order valence-electron chi connectivity index (χ2n) is 6.30. The molecule has 2 aromatic rings. The molecule has 2 aromatic carbocycles. The number of nitrogen functional groups attached to an aromatic ring is 1. The van der Waals surface area contributed by atoms with Gasteiger partial charge in [0.2, 0.25) is 0 Å². The fraction of sp³-hybridized carbons (Fsp3) is 0.316. The molecule has 0 aromatic heterocycles. The molecule has 0 radical (unpaired) electrons. The van der Waals surface area contributed by atoms with Gasteiger partial charge in [-0.3, -0.25) is 4.79 Å². The quantitative estimate of drug-likeness (QED) is 0.847. The van der Waals surface area contributed by atoms with Gasteiger partial charge in [-0.15, -0.1) is 0 Å². The zero-order valence-corrected chi connectivity index (χ0v) is 13.0. The lowest BCUT2D eigenvalue weighted by Crippen LogP contribution is -2.39. The molecule has 23 heavy (non-hydrogen) atoms. The van der Waals surface area contributed by atoms with Crippen LogP contribution in [0.25, 0.3) is 0 Å². The summed E-state index contributed by atoms with van der Waals surface area (Å²) < 4.78 is 13.2. The van der Waals surface area contributed by atoms with Crippen LogP contribution in [0, 0.1) is 5.82 Å². The van der Waals surface area contributed by atoms with Crippen molar-refractivity contribution in [2.24, 2.45) is 0 Å². The molecule has 0 saturated heterocycles. The summed E-state index contributed by atoms with van der Waals surface area (Å²) in [6, 6.07) is 13.6. The minimum atomic E-state index is -0.229. The first-order chi connectivity index (χ1) is 11.1. The fourth-order valence-corrected chi connectivity index (χ4v) is 3.41. The van der Waals surface area contributed by atoms with E-state index in [9.17, 15) is 9.18 Å². The van der Waals surface area contributed by atoms with Crippen molar-refractivity contribution < 1.29 is 9.18 Å². The predicted molar refractivity (Wildman–Crippen MR) is 89.7 cm³/mol. The van der Waals surface area contributed by atoms with Crippen LogP contribution in [-0.4, -0.2) is 12.5 Å². The maximum absolute atomic E-state index is 13.2. The number of rotatable bonds is 4. The first-order valence-electron chi connectivity index (χ1n) is 7.99. The molecule has 0 atom stereocenters. The van der Waals surface area contributed by atoms with Gasteiger partial charge in [0, 0.05) is 23.2 Å². The van der Waals surface area contributed by atoms with Gasteiger partial charge in [-0.05, 0) is 54.8 Å². The van der Waals surface area contributed by atoms with E-state index < -0.39 is 0 Å². The van der Waals surface area contributed by atoms with Crippen molar-refractivity contribution in [2.75, 3.05) is 12.3 Å². The van der Waals surface area contributed by atoms with Gasteiger partial charge >= 0.3 is 0 Å². The highest BCUT2D eigenvalue weighted by molar-refractivity contribution is 5.94. The van der Waals surface area contributed by atoms with Crippen LogP contribution in [0.2, 0.25) is 0 Å². The Bertz CT molecular complexity index is 674. The summed E-state index contributed by atoms with van der Waals surface area (Å²) in [5, 5.41) is 3.04. The molecule has 3 N–H and O–H groups in total. The smallest absolute Gasteiger partial charge is 0.251 e. The van der Waals surface area contributed by atoms with Crippen molar-refractivity contribution in [1.29, 1.82) is 0 Å². The van der Waals surface area contributed by atoms with E-state index in [4.69, 9.17) is 5.73 Å².